The number of esters is 1. The first kappa shape index (κ1) is 24.2. The maximum atomic E-state index is 13.0. The number of H-pyrrole nitrogens is 1. The van der Waals surface area contributed by atoms with Gasteiger partial charge < -0.3 is 15.0 Å². The van der Waals surface area contributed by atoms with Crippen LogP contribution in [0.15, 0.2) is 79.0 Å². The minimum Gasteiger partial charge on any atom is -0.456 e. The second-order valence-electron chi connectivity index (χ2n) is 8.18. The molecule has 35 heavy (non-hydrogen) atoms. The van der Waals surface area contributed by atoms with E-state index in [0.29, 0.717) is 16.1 Å². The van der Waals surface area contributed by atoms with Crippen molar-refractivity contribution in [2.75, 3.05) is 6.61 Å². The molecule has 0 aliphatic rings. The highest BCUT2D eigenvalue weighted by molar-refractivity contribution is 6.30. The lowest BCUT2D eigenvalue weighted by Gasteiger charge is -2.18. The number of aryl methyl sites for hydroxylation is 1. The van der Waals surface area contributed by atoms with E-state index in [2.05, 4.69) is 10.3 Å². The zero-order chi connectivity index (χ0) is 24.8. The van der Waals surface area contributed by atoms with Crippen LogP contribution >= 0.6 is 11.6 Å². The fourth-order valence-corrected chi connectivity index (χ4v) is 3.93. The van der Waals surface area contributed by atoms with Crippen LogP contribution in [-0.4, -0.2) is 35.3 Å². The zero-order valence-corrected chi connectivity index (χ0v) is 20.0. The first-order valence-electron chi connectivity index (χ1n) is 11.3. The van der Waals surface area contributed by atoms with Gasteiger partial charge in [-0.15, -0.1) is 0 Å². The van der Waals surface area contributed by atoms with Gasteiger partial charge in [-0.05, 0) is 60.0 Å². The summed E-state index contributed by atoms with van der Waals surface area (Å²) < 4.78 is 5.34. The predicted molar refractivity (Wildman–Crippen MR) is 136 cm³/mol. The standard InChI is InChI=1S/C28H25ClN2O4/c1-2-18-7-9-20(10-8-18)27(33)31-25(15-21-16-30-24-6-4-3-5-23(21)24)28(34)35-17-26(32)19-11-13-22(29)14-12-19/h3-14,16,25,30H,2,15,17H2,1H3,(H,31,33). The number of hydrogen-bond donors (Lipinski definition) is 2. The SMILES string of the molecule is CCc1ccc(C(=O)NC(Cc2c[nH]c3ccccc23)C(=O)OCC(=O)c2ccc(Cl)cc2)cc1. The van der Waals surface area contributed by atoms with Gasteiger partial charge in [-0.2, -0.15) is 0 Å². The number of carbonyl (C=O) groups excluding carboxylic acids is 3. The Morgan fingerprint density at radius 1 is 0.943 bits per heavy atom. The minimum atomic E-state index is -0.981. The number of ketones is 1. The van der Waals surface area contributed by atoms with Gasteiger partial charge in [-0.1, -0.05) is 48.9 Å². The number of fused-ring (bicyclic) bond motifs is 1. The van der Waals surface area contributed by atoms with Crippen LogP contribution < -0.4 is 5.32 Å². The molecule has 0 bridgehead atoms. The van der Waals surface area contributed by atoms with Gasteiger partial charge in [-0.25, -0.2) is 4.79 Å². The lowest BCUT2D eigenvalue weighted by atomic mass is 10.0. The second kappa shape index (κ2) is 11.0. The lowest BCUT2D eigenvalue weighted by molar-refractivity contribution is -0.144. The average molecular weight is 489 g/mol. The van der Waals surface area contributed by atoms with E-state index in [4.69, 9.17) is 16.3 Å². The monoisotopic (exact) mass is 488 g/mol. The predicted octanol–water partition coefficient (Wildman–Crippen LogP) is 5.15. The number of aromatic amines is 1. The quantitative estimate of drug-likeness (QED) is 0.252. The van der Waals surface area contributed by atoms with Gasteiger partial charge in [0.25, 0.3) is 5.91 Å². The number of hydrogen-bond acceptors (Lipinski definition) is 4. The molecule has 0 spiro atoms. The van der Waals surface area contributed by atoms with Crippen LogP contribution in [0.1, 0.15) is 38.8 Å². The Balaban J connectivity index is 1.51. The number of benzene rings is 3. The molecule has 1 aromatic heterocycles. The number of ether oxygens (including phenoxy) is 1. The molecule has 7 heteroatoms. The summed E-state index contributed by atoms with van der Waals surface area (Å²) in [6, 6.07) is 20.3. The van der Waals surface area contributed by atoms with Gasteiger partial charge in [0.05, 0.1) is 0 Å². The third-order valence-electron chi connectivity index (χ3n) is 5.82. The molecule has 3 aromatic carbocycles. The molecule has 2 N–H and O–H groups in total. The van der Waals surface area contributed by atoms with E-state index in [0.717, 1.165) is 28.5 Å². The third-order valence-corrected chi connectivity index (χ3v) is 6.08. The van der Waals surface area contributed by atoms with Crippen LogP contribution in [0.3, 0.4) is 0 Å². The first-order valence-corrected chi connectivity index (χ1v) is 11.7. The molecule has 1 atom stereocenters. The van der Waals surface area contributed by atoms with E-state index in [1.807, 2.05) is 49.5 Å². The van der Waals surface area contributed by atoms with Gasteiger partial charge >= 0.3 is 5.97 Å². The van der Waals surface area contributed by atoms with E-state index >= 15 is 0 Å². The minimum absolute atomic E-state index is 0.205. The van der Waals surface area contributed by atoms with Crippen molar-refractivity contribution in [2.24, 2.45) is 0 Å². The summed E-state index contributed by atoms with van der Waals surface area (Å²) in [6.45, 7) is 1.60. The molecule has 0 aliphatic heterocycles. The van der Waals surface area contributed by atoms with Crippen molar-refractivity contribution in [1.29, 1.82) is 0 Å². The smallest absolute Gasteiger partial charge is 0.329 e. The Kier molecular flexibility index (Phi) is 7.63. The van der Waals surface area contributed by atoms with Crippen molar-refractivity contribution < 1.29 is 19.1 Å². The Bertz CT molecular complexity index is 1340. The molecular weight excluding hydrogens is 464 g/mol. The van der Waals surface area contributed by atoms with Crippen molar-refractivity contribution in [3.8, 4) is 0 Å². The molecule has 0 radical (unpaired) electrons. The highest BCUT2D eigenvalue weighted by atomic mass is 35.5. The number of aromatic nitrogens is 1. The Labute approximate surface area is 208 Å². The molecule has 1 unspecified atom stereocenters. The molecule has 4 rings (SSSR count). The number of nitrogens with one attached hydrogen (secondary N) is 2. The summed E-state index contributed by atoms with van der Waals surface area (Å²) in [6.07, 6.45) is 2.88. The molecule has 1 amide bonds. The fourth-order valence-electron chi connectivity index (χ4n) is 3.80. The second-order valence-corrected chi connectivity index (χ2v) is 8.61. The molecule has 0 saturated carbocycles. The molecule has 0 fully saturated rings. The first-order chi connectivity index (χ1) is 16.9. The molecule has 1 heterocycles. The summed E-state index contributed by atoms with van der Waals surface area (Å²) in [4.78, 5) is 41.6. The van der Waals surface area contributed by atoms with Crippen LogP contribution in [0.4, 0.5) is 0 Å². The van der Waals surface area contributed by atoms with Crippen molar-refractivity contribution >= 4 is 40.2 Å². The summed E-state index contributed by atoms with van der Waals surface area (Å²) in [5.74, 6) is -1.43. The fraction of sp³-hybridized carbons (Fsp3) is 0.179. The van der Waals surface area contributed by atoms with Crippen LogP contribution in [0.2, 0.25) is 5.02 Å². The molecule has 0 saturated heterocycles. The average Bonchev–Trinajstić information content (AvgIpc) is 3.30. The van der Waals surface area contributed by atoms with E-state index in [1.54, 1.807) is 36.4 Å². The summed E-state index contributed by atoms with van der Waals surface area (Å²) >= 11 is 5.87. The van der Waals surface area contributed by atoms with Gasteiger partial charge in [0, 0.05) is 39.7 Å². The maximum Gasteiger partial charge on any atom is 0.329 e. The number of amides is 1. The van der Waals surface area contributed by atoms with Crippen molar-refractivity contribution in [2.45, 2.75) is 25.8 Å². The molecule has 4 aromatic rings. The summed E-state index contributed by atoms with van der Waals surface area (Å²) in [7, 11) is 0. The van der Waals surface area contributed by atoms with Crippen LogP contribution in [0.25, 0.3) is 10.9 Å². The number of rotatable bonds is 9. The molecule has 6 nitrogen and oxygen atoms in total. The van der Waals surface area contributed by atoms with Gasteiger partial charge in [0.2, 0.25) is 0 Å². The van der Waals surface area contributed by atoms with E-state index in [1.165, 1.54) is 0 Å². The van der Waals surface area contributed by atoms with Crippen molar-refractivity contribution in [3.63, 3.8) is 0 Å². The van der Waals surface area contributed by atoms with Gasteiger partial charge in [0.15, 0.2) is 12.4 Å². The summed E-state index contributed by atoms with van der Waals surface area (Å²) in [5, 5.41) is 4.24. The van der Waals surface area contributed by atoms with Crippen LogP contribution in [-0.2, 0) is 22.4 Å². The highest BCUT2D eigenvalue weighted by Crippen LogP contribution is 2.20. The van der Waals surface area contributed by atoms with Crippen molar-refractivity contribution in [3.05, 3.63) is 106 Å². The normalized spacial score (nSPS) is 11.7. The van der Waals surface area contributed by atoms with E-state index < -0.39 is 24.5 Å². The number of para-hydroxylation sites is 1. The molecule has 0 aliphatic carbocycles. The van der Waals surface area contributed by atoms with Crippen LogP contribution in [0, 0.1) is 0 Å². The molecule has 178 valence electrons. The van der Waals surface area contributed by atoms with Crippen LogP contribution in [0.5, 0.6) is 0 Å². The Hall–Kier alpha value is -3.90. The topological polar surface area (TPSA) is 88.3 Å². The van der Waals surface area contributed by atoms with E-state index in [9.17, 15) is 14.4 Å². The maximum absolute atomic E-state index is 13.0. The third kappa shape index (κ3) is 5.97. The van der Waals surface area contributed by atoms with Gasteiger partial charge in [-0.3, -0.25) is 9.59 Å². The van der Waals surface area contributed by atoms with E-state index in [-0.39, 0.29) is 12.2 Å². The lowest BCUT2D eigenvalue weighted by Crippen LogP contribution is -2.43. The largest absolute Gasteiger partial charge is 0.456 e. The number of Topliss-reactive ketones (excluding diaryl/α,β-unsaturated/α-hetero) is 1. The number of halogens is 1. The summed E-state index contributed by atoms with van der Waals surface area (Å²) in [5.41, 5.74) is 3.71. The van der Waals surface area contributed by atoms with Gasteiger partial charge in [0.1, 0.15) is 6.04 Å². The highest BCUT2D eigenvalue weighted by Gasteiger charge is 2.25. The number of carbonyl (C=O) groups is 3. The van der Waals surface area contributed by atoms with Crippen molar-refractivity contribution in [1.82, 2.24) is 10.3 Å². The Morgan fingerprint density at radius 3 is 2.34 bits per heavy atom. The Morgan fingerprint density at radius 2 is 1.63 bits per heavy atom. The zero-order valence-electron chi connectivity index (χ0n) is 19.2. The molecular formula is C28H25ClN2O4.